The highest BCUT2D eigenvalue weighted by Gasteiger charge is 2.37. The minimum absolute atomic E-state index is 0.0155. The first-order chi connectivity index (χ1) is 7.80. The predicted octanol–water partition coefficient (Wildman–Crippen LogP) is 2.81. The van der Waals surface area contributed by atoms with Crippen LogP contribution in [-0.4, -0.2) is 20.5 Å². The Morgan fingerprint density at radius 2 is 2.06 bits per heavy atom. The van der Waals surface area contributed by atoms with Crippen LogP contribution in [0.1, 0.15) is 16.2 Å². The molecule has 2 aromatic rings. The first-order valence-electron chi connectivity index (χ1n) is 4.29. The summed E-state index contributed by atoms with van der Waals surface area (Å²) in [6.45, 7) is 0. The zero-order valence-corrected chi connectivity index (χ0v) is 9.58. The van der Waals surface area contributed by atoms with Crippen LogP contribution in [-0.2, 0) is 6.18 Å². The number of pyridine rings is 1. The number of fused-ring (bicyclic) bond motifs is 1. The molecule has 1 N–H and O–H groups in total. The standard InChI is InChI=1S/C9H4BrF3N2O2/c10-6-5-2-1-4(7(16)17)3-15(5)8(14-6)9(11,12)13/h1-3H,(H,16,17). The van der Waals surface area contributed by atoms with Crippen molar-refractivity contribution >= 4 is 27.4 Å². The molecule has 8 heteroatoms. The Kier molecular flexibility index (Phi) is 2.61. The second-order valence-electron chi connectivity index (χ2n) is 3.20. The number of halogens is 4. The van der Waals surface area contributed by atoms with Gasteiger partial charge in [-0.05, 0) is 28.1 Å². The lowest BCUT2D eigenvalue weighted by Gasteiger charge is -2.05. The van der Waals surface area contributed by atoms with E-state index in [2.05, 4.69) is 20.9 Å². The number of nitrogens with zero attached hydrogens (tertiary/aromatic N) is 2. The van der Waals surface area contributed by atoms with Crippen molar-refractivity contribution in [3.63, 3.8) is 0 Å². The van der Waals surface area contributed by atoms with Crippen molar-refractivity contribution in [2.45, 2.75) is 6.18 Å². The summed E-state index contributed by atoms with van der Waals surface area (Å²) >= 11 is 2.89. The molecule has 2 rings (SSSR count). The molecule has 4 nitrogen and oxygen atoms in total. The van der Waals surface area contributed by atoms with Crippen LogP contribution >= 0.6 is 15.9 Å². The van der Waals surface area contributed by atoms with Crippen LogP contribution in [0.5, 0.6) is 0 Å². The Bertz CT molecular complexity index is 606. The number of hydrogen-bond donors (Lipinski definition) is 1. The molecule has 2 heterocycles. The lowest BCUT2D eigenvalue weighted by atomic mass is 10.3. The van der Waals surface area contributed by atoms with Crippen LogP contribution in [0.4, 0.5) is 13.2 Å². The Labute approximate surface area is 101 Å². The van der Waals surface area contributed by atoms with Crippen LogP contribution in [0.2, 0.25) is 0 Å². The maximum atomic E-state index is 12.6. The monoisotopic (exact) mass is 308 g/mol. The summed E-state index contributed by atoms with van der Waals surface area (Å²) in [5.74, 6) is -2.47. The third-order valence-corrected chi connectivity index (χ3v) is 2.68. The van der Waals surface area contributed by atoms with Gasteiger partial charge in [-0.1, -0.05) is 0 Å². The molecule has 0 saturated carbocycles. The molecule has 17 heavy (non-hydrogen) atoms. The largest absolute Gasteiger partial charge is 0.478 e. The van der Waals surface area contributed by atoms with Gasteiger partial charge in [0.15, 0.2) is 0 Å². The molecule has 0 aliphatic heterocycles. The van der Waals surface area contributed by atoms with Gasteiger partial charge in [0.25, 0.3) is 0 Å². The topological polar surface area (TPSA) is 54.6 Å². The highest BCUT2D eigenvalue weighted by Crippen LogP contribution is 2.32. The van der Waals surface area contributed by atoms with Crippen LogP contribution < -0.4 is 0 Å². The minimum Gasteiger partial charge on any atom is -0.478 e. The summed E-state index contributed by atoms with van der Waals surface area (Å²) in [4.78, 5) is 14.0. The van der Waals surface area contributed by atoms with Gasteiger partial charge in [-0.15, -0.1) is 0 Å². The number of carboxylic acids is 1. The minimum atomic E-state index is -4.65. The van der Waals surface area contributed by atoms with Crippen molar-refractivity contribution in [2.24, 2.45) is 0 Å². The van der Waals surface area contributed by atoms with Gasteiger partial charge in [-0.3, -0.25) is 4.40 Å². The van der Waals surface area contributed by atoms with Crippen LogP contribution in [0.3, 0.4) is 0 Å². The molecule has 0 amide bonds. The molecule has 0 bridgehead atoms. The van der Waals surface area contributed by atoms with E-state index < -0.39 is 18.0 Å². The van der Waals surface area contributed by atoms with Crippen LogP contribution in [0.25, 0.3) is 5.52 Å². The van der Waals surface area contributed by atoms with Gasteiger partial charge >= 0.3 is 12.1 Å². The van der Waals surface area contributed by atoms with Gasteiger partial charge < -0.3 is 5.11 Å². The number of hydrogen-bond acceptors (Lipinski definition) is 2. The second kappa shape index (κ2) is 3.73. The van der Waals surface area contributed by atoms with E-state index in [1.165, 1.54) is 12.1 Å². The summed E-state index contributed by atoms with van der Waals surface area (Å²) in [6, 6.07) is 2.47. The lowest BCUT2D eigenvalue weighted by Crippen LogP contribution is -2.11. The van der Waals surface area contributed by atoms with Crippen molar-refractivity contribution < 1.29 is 23.1 Å². The summed E-state index contributed by atoms with van der Waals surface area (Å²) in [5, 5.41) is 8.72. The van der Waals surface area contributed by atoms with Crippen molar-refractivity contribution in [1.82, 2.24) is 9.38 Å². The zero-order chi connectivity index (χ0) is 12.8. The average Bonchev–Trinajstić information content (AvgIpc) is 2.55. The number of carboxylic acid groups (broad SMARTS) is 1. The molecule has 90 valence electrons. The van der Waals surface area contributed by atoms with Crippen molar-refractivity contribution in [2.75, 3.05) is 0 Å². The Morgan fingerprint density at radius 3 is 2.59 bits per heavy atom. The first-order valence-corrected chi connectivity index (χ1v) is 5.08. The SMILES string of the molecule is O=C(O)c1ccc2c(Br)nc(C(F)(F)F)n2c1. The Morgan fingerprint density at radius 1 is 1.41 bits per heavy atom. The highest BCUT2D eigenvalue weighted by molar-refractivity contribution is 9.10. The Hall–Kier alpha value is -1.57. The van der Waals surface area contributed by atoms with E-state index in [9.17, 15) is 18.0 Å². The second-order valence-corrected chi connectivity index (χ2v) is 3.95. The molecule has 0 radical (unpaired) electrons. The summed E-state index contributed by atoms with van der Waals surface area (Å²) < 4.78 is 38.6. The predicted molar refractivity (Wildman–Crippen MR) is 54.9 cm³/mol. The molecule has 0 unspecified atom stereocenters. The van der Waals surface area contributed by atoms with E-state index in [-0.39, 0.29) is 15.7 Å². The maximum Gasteiger partial charge on any atom is 0.450 e. The summed E-state index contributed by atoms with van der Waals surface area (Å²) in [6.07, 6.45) is -3.76. The number of aromatic carboxylic acids is 1. The van der Waals surface area contributed by atoms with E-state index in [4.69, 9.17) is 5.11 Å². The van der Waals surface area contributed by atoms with Gasteiger partial charge in [0.2, 0.25) is 5.82 Å². The highest BCUT2D eigenvalue weighted by atomic mass is 79.9. The molecular weight excluding hydrogens is 305 g/mol. The zero-order valence-electron chi connectivity index (χ0n) is 7.99. The van der Waals surface area contributed by atoms with E-state index in [1.807, 2.05) is 0 Å². The van der Waals surface area contributed by atoms with E-state index in [0.29, 0.717) is 4.40 Å². The molecular formula is C9H4BrF3N2O2. The van der Waals surface area contributed by atoms with Crippen molar-refractivity contribution in [1.29, 1.82) is 0 Å². The fourth-order valence-corrected chi connectivity index (χ4v) is 1.87. The molecule has 0 fully saturated rings. The van der Waals surface area contributed by atoms with Crippen LogP contribution in [0.15, 0.2) is 22.9 Å². The molecule has 0 atom stereocenters. The molecule has 0 aliphatic rings. The number of rotatable bonds is 1. The van der Waals surface area contributed by atoms with E-state index in [0.717, 1.165) is 6.20 Å². The maximum absolute atomic E-state index is 12.6. The third kappa shape index (κ3) is 1.99. The van der Waals surface area contributed by atoms with Crippen molar-refractivity contribution in [3.8, 4) is 0 Å². The number of aromatic nitrogens is 2. The lowest BCUT2D eigenvalue weighted by molar-refractivity contribution is -0.145. The smallest absolute Gasteiger partial charge is 0.450 e. The van der Waals surface area contributed by atoms with Gasteiger partial charge in [0, 0.05) is 6.20 Å². The van der Waals surface area contributed by atoms with Crippen LogP contribution in [0, 0.1) is 0 Å². The molecule has 0 spiro atoms. The summed E-state index contributed by atoms with van der Waals surface area (Å²) in [7, 11) is 0. The molecule has 0 aliphatic carbocycles. The fourth-order valence-electron chi connectivity index (χ4n) is 1.37. The quantitative estimate of drug-likeness (QED) is 0.881. The van der Waals surface area contributed by atoms with E-state index in [1.54, 1.807) is 0 Å². The number of carbonyl (C=O) groups is 1. The first kappa shape index (κ1) is 11.9. The van der Waals surface area contributed by atoms with Gasteiger partial charge in [0.1, 0.15) is 4.60 Å². The normalized spacial score (nSPS) is 12.0. The number of alkyl halides is 3. The number of imidazole rings is 1. The van der Waals surface area contributed by atoms with Gasteiger partial charge in [-0.25, -0.2) is 9.78 Å². The van der Waals surface area contributed by atoms with E-state index >= 15 is 0 Å². The summed E-state index contributed by atoms with van der Waals surface area (Å²) in [5.41, 5.74) is -0.0878. The average molecular weight is 309 g/mol. The van der Waals surface area contributed by atoms with Gasteiger partial charge in [-0.2, -0.15) is 13.2 Å². The van der Waals surface area contributed by atoms with Crippen molar-refractivity contribution in [3.05, 3.63) is 34.3 Å². The van der Waals surface area contributed by atoms with Gasteiger partial charge in [0.05, 0.1) is 11.1 Å². The Balaban J connectivity index is 2.78. The fraction of sp³-hybridized carbons (Fsp3) is 0.111. The molecule has 2 aromatic heterocycles. The molecule has 0 saturated heterocycles. The molecule has 0 aromatic carbocycles. The third-order valence-electron chi connectivity index (χ3n) is 2.09.